The maximum Gasteiger partial charge on any atom is 0.434 e. The minimum Gasteiger partial charge on any atom is -0.493 e. The van der Waals surface area contributed by atoms with E-state index < -0.39 is 34.8 Å². The first kappa shape index (κ1) is 23.1. The number of ether oxygens (including phenoxy) is 2. The van der Waals surface area contributed by atoms with Gasteiger partial charge in [0.2, 0.25) is 0 Å². The molecule has 3 rings (SSSR count). The SMILES string of the molecule is COc1cc(C)c(CN(C)C(=O)c2cnn(-c3ccccc3F)c2C(F)(F)F)cc1OC. The van der Waals surface area contributed by atoms with E-state index in [1.54, 1.807) is 19.1 Å². The molecule has 32 heavy (non-hydrogen) atoms. The first-order valence-corrected chi connectivity index (χ1v) is 9.45. The molecule has 6 nitrogen and oxygen atoms in total. The normalized spacial score (nSPS) is 11.4. The van der Waals surface area contributed by atoms with E-state index >= 15 is 0 Å². The lowest BCUT2D eigenvalue weighted by atomic mass is 10.1. The van der Waals surface area contributed by atoms with Gasteiger partial charge in [0.05, 0.1) is 26.0 Å². The maximum absolute atomic E-state index is 14.1. The van der Waals surface area contributed by atoms with Crippen molar-refractivity contribution in [3.8, 4) is 17.2 Å². The number of carbonyl (C=O) groups excluding carboxylic acids is 1. The number of alkyl halides is 3. The minimum absolute atomic E-state index is 0.00714. The van der Waals surface area contributed by atoms with E-state index in [1.807, 2.05) is 0 Å². The van der Waals surface area contributed by atoms with Gasteiger partial charge in [-0.1, -0.05) is 12.1 Å². The summed E-state index contributed by atoms with van der Waals surface area (Å²) in [6, 6.07) is 8.27. The van der Waals surface area contributed by atoms with Crippen LogP contribution in [0.25, 0.3) is 5.69 Å². The van der Waals surface area contributed by atoms with Gasteiger partial charge in [0.15, 0.2) is 17.2 Å². The van der Waals surface area contributed by atoms with Crippen molar-refractivity contribution < 1.29 is 31.8 Å². The number of rotatable bonds is 6. The van der Waals surface area contributed by atoms with Crippen molar-refractivity contribution in [3.63, 3.8) is 0 Å². The van der Waals surface area contributed by atoms with Crippen molar-refractivity contribution in [2.24, 2.45) is 0 Å². The Labute approximate surface area is 182 Å². The molecule has 0 spiro atoms. The maximum atomic E-state index is 14.1. The van der Waals surface area contributed by atoms with E-state index in [-0.39, 0.29) is 6.54 Å². The fourth-order valence-electron chi connectivity index (χ4n) is 3.31. The number of aromatic nitrogens is 2. The highest BCUT2D eigenvalue weighted by molar-refractivity contribution is 5.95. The topological polar surface area (TPSA) is 56.6 Å². The molecule has 0 saturated carbocycles. The number of hydrogen-bond acceptors (Lipinski definition) is 4. The van der Waals surface area contributed by atoms with E-state index in [0.717, 1.165) is 28.8 Å². The summed E-state index contributed by atoms with van der Waals surface area (Å²) >= 11 is 0. The predicted octanol–water partition coefficient (Wildman–Crippen LogP) is 4.63. The molecule has 0 atom stereocenters. The largest absolute Gasteiger partial charge is 0.493 e. The van der Waals surface area contributed by atoms with Crippen LogP contribution in [0.2, 0.25) is 0 Å². The molecular weight excluding hydrogens is 430 g/mol. The predicted molar refractivity (Wildman–Crippen MR) is 109 cm³/mol. The van der Waals surface area contributed by atoms with Crippen molar-refractivity contribution in [2.75, 3.05) is 21.3 Å². The fraction of sp³-hybridized carbons (Fsp3) is 0.273. The number of hydrogen-bond donors (Lipinski definition) is 0. The number of methoxy groups -OCH3 is 2. The van der Waals surface area contributed by atoms with Crippen molar-refractivity contribution in [1.29, 1.82) is 0 Å². The van der Waals surface area contributed by atoms with Crippen LogP contribution < -0.4 is 9.47 Å². The lowest BCUT2D eigenvalue weighted by molar-refractivity contribution is -0.143. The molecule has 10 heteroatoms. The highest BCUT2D eigenvalue weighted by Gasteiger charge is 2.41. The molecule has 0 fully saturated rings. The van der Waals surface area contributed by atoms with Gasteiger partial charge in [-0.2, -0.15) is 18.3 Å². The molecule has 0 bridgehead atoms. The van der Waals surface area contributed by atoms with Gasteiger partial charge in [0, 0.05) is 13.6 Å². The zero-order valence-electron chi connectivity index (χ0n) is 17.8. The molecule has 0 unspecified atom stereocenters. The summed E-state index contributed by atoms with van der Waals surface area (Å²) in [5.74, 6) is -0.881. The smallest absolute Gasteiger partial charge is 0.434 e. The van der Waals surface area contributed by atoms with Gasteiger partial charge in [-0.15, -0.1) is 0 Å². The van der Waals surface area contributed by atoms with E-state index in [1.165, 1.54) is 33.4 Å². The molecule has 0 N–H and O–H groups in total. The molecule has 1 heterocycles. The quantitative estimate of drug-likeness (QED) is 0.513. The Hall–Kier alpha value is -3.56. The van der Waals surface area contributed by atoms with Crippen molar-refractivity contribution in [1.82, 2.24) is 14.7 Å². The van der Waals surface area contributed by atoms with E-state index in [4.69, 9.17) is 9.47 Å². The summed E-state index contributed by atoms with van der Waals surface area (Å²) in [4.78, 5) is 14.1. The summed E-state index contributed by atoms with van der Waals surface area (Å²) < 4.78 is 66.6. The molecule has 0 aliphatic carbocycles. The van der Waals surface area contributed by atoms with Gasteiger partial charge in [0.1, 0.15) is 11.5 Å². The Morgan fingerprint density at radius 1 is 1.12 bits per heavy atom. The zero-order chi connectivity index (χ0) is 23.6. The summed E-state index contributed by atoms with van der Waals surface area (Å²) in [5, 5.41) is 3.66. The second-order valence-electron chi connectivity index (χ2n) is 7.06. The monoisotopic (exact) mass is 451 g/mol. The minimum atomic E-state index is -4.94. The number of amides is 1. The molecule has 1 aromatic heterocycles. The van der Waals surface area contributed by atoms with E-state index in [0.29, 0.717) is 21.7 Å². The molecule has 1 amide bonds. The third kappa shape index (κ3) is 4.39. The number of carbonyl (C=O) groups is 1. The summed E-state index contributed by atoms with van der Waals surface area (Å²) in [7, 11) is 4.32. The Morgan fingerprint density at radius 2 is 1.75 bits per heavy atom. The number of para-hydroxylation sites is 1. The van der Waals surface area contributed by atoms with Crippen LogP contribution >= 0.6 is 0 Å². The fourth-order valence-corrected chi connectivity index (χ4v) is 3.31. The third-order valence-corrected chi connectivity index (χ3v) is 4.95. The molecule has 0 aliphatic heterocycles. The standard InChI is InChI=1S/C22H21F4N3O3/c1-13-9-18(31-3)19(32-4)10-14(13)12-28(2)21(30)15-11-27-29(20(15)22(24,25)26)17-8-6-5-7-16(17)23/h5-11H,12H2,1-4H3. The van der Waals surface area contributed by atoms with E-state index in [9.17, 15) is 22.4 Å². The van der Waals surface area contributed by atoms with E-state index in [2.05, 4.69) is 5.10 Å². The Bertz CT molecular complexity index is 1140. The Balaban J connectivity index is 1.99. The number of nitrogens with zero attached hydrogens (tertiary/aromatic N) is 3. The number of aryl methyl sites for hydroxylation is 1. The second-order valence-corrected chi connectivity index (χ2v) is 7.06. The van der Waals surface area contributed by atoms with Crippen LogP contribution in [0.15, 0.2) is 42.6 Å². The Kier molecular flexibility index (Phi) is 6.42. The van der Waals surface area contributed by atoms with Gasteiger partial charge in [0.25, 0.3) is 5.91 Å². The average molecular weight is 451 g/mol. The summed E-state index contributed by atoms with van der Waals surface area (Å²) in [6.45, 7) is 1.79. The number of halogens is 4. The van der Waals surface area contributed by atoms with Crippen molar-refractivity contribution in [3.05, 3.63) is 70.8 Å². The third-order valence-electron chi connectivity index (χ3n) is 4.95. The molecule has 3 aromatic rings. The van der Waals surface area contributed by atoms with Crippen molar-refractivity contribution in [2.45, 2.75) is 19.6 Å². The molecular formula is C22H21F4N3O3. The molecule has 0 saturated heterocycles. The van der Waals surface area contributed by atoms with Crippen LogP contribution in [0.3, 0.4) is 0 Å². The van der Waals surface area contributed by atoms with Crippen LogP contribution in [0, 0.1) is 12.7 Å². The summed E-state index contributed by atoms with van der Waals surface area (Å²) in [5.41, 5.74) is -1.00. The molecule has 2 aromatic carbocycles. The van der Waals surface area contributed by atoms with Crippen LogP contribution in [0.5, 0.6) is 11.5 Å². The number of benzene rings is 2. The molecule has 0 radical (unpaired) electrons. The van der Waals surface area contributed by atoms with Gasteiger partial charge in [-0.05, 0) is 42.3 Å². The van der Waals surface area contributed by atoms with Gasteiger partial charge in [-0.25, -0.2) is 9.07 Å². The lowest BCUT2D eigenvalue weighted by Gasteiger charge is -2.21. The second kappa shape index (κ2) is 8.89. The zero-order valence-corrected chi connectivity index (χ0v) is 17.8. The lowest BCUT2D eigenvalue weighted by Crippen LogP contribution is -2.29. The summed E-state index contributed by atoms with van der Waals surface area (Å²) in [6.07, 6.45) is -4.14. The van der Waals surface area contributed by atoms with Crippen LogP contribution in [-0.4, -0.2) is 41.9 Å². The van der Waals surface area contributed by atoms with Gasteiger partial charge < -0.3 is 14.4 Å². The first-order chi connectivity index (χ1) is 15.1. The first-order valence-electron chi connectivity index (χ1n) is 9.45. The average Bonchev–Trinajstić information content (AvgIpc) is 3.20. The highest BCUT2D eigenvalue weighted by Crippen LogP contribution is 2.35. The molecule has 0 aliphatic rings. The van der Waals surface area contributed by atoms with Crippen molar-refractivity contribution >= 4 is 5.91 Å². The molecule has 170 valence electrons. The highest BCUT2D eigenvalue weighted by atomic mass is 19.4. The van der Waals surface area contributed by atoms with Crippen LogP contribution in [0.4, 0.5) is 17.6 Å². The van der Waals surface area contributed by atoms with Crippen LogP contribution in [-0.2, 0) is 12.7 Å². The van der Waals surface area contributed by atoms with Crippen LogP contribution in [0.1, 0.15) is 27.2 Å². The Morgan fingerprint density at radius 3 is 2.34 bits per heavy atom. The van der Waals surface area contributed by atoms with Gasteiger partial charge >= 0.3 is 6.18 Å². The van der Waals surface area contributed by atoms with Gasteiger partial charge in [-0.3, -0.25) is 4.79 Å².